The van der Waals surface area contributed by atoms with E-state index in [2.05, 4.69) is 5.32 Å². The molecule has 0 aromatic heterocycles. The Morgan fingerprint density at radius 2 is 1.72 bits per heavy atom. The Labute approximate surface area is 218 Å². The molecule has 3 amide bonds. The van der Waals surface area contributed by atoms with E-state index in [1.807, 2.05) is 48.5 Å². The fourth-order valence-corrected chi connectivity index (χ4v) is 4.60. The molecule has 4 rings (SSSR count). The lowest BCUT2D eigenvalue weighted by Gasteiger charge is -2.15. The highest BCUT2D eigenvalue weighted by Gasteiger charge is 2.35. The number of carbonyl (C=O) groups excluding carboxylic acids is 3. The molecule has 1 N–H and O–H groups in total. The highest BCUT2D eigenvalue weighted by molar-refractivity contribution is 8.18. The van der Waals surface area contributed by atoms with Crippen LogP contribution in [0.5, 0.6) is 11.5 Å². The monoisotopic (exact) mass is 522 g/mol. The van der Waals surface area contributed by atoms with Crippen LogP contribution in [0.25, 0.3) is 6.08 Å². The largest absolute Gasteiger partial charge is 0.490 e. The molecule has 7 nitrogen and oxygen atoms in total. The standard InChI is InChI=1S/C27H23ClN2O5S/c1-2-34-22-14-19(13-21(28)25(22)35-17-24(31)29-20-11-7-4-8-12-20)15-23-26(32)30(27(33)36-23)16-18-9-5-3-6-10-18/h3-15H,2,16-17H2,1H3,(H,29,31)/b23-15-. The van der Waals surface area contributed by atoms with E-state index in [0.29, 0.717) is 23.6 Å². The zero-order valence-corrected chi connectivity index (χ0v) is 21.0. The van der Waals surface area contributed by atoms with Crippen molar-refractivity contribution < 1.29 is 23.9 Å². The van der Waals surface area contributed by atoms with E-state index < -0.39 is 0 Å². The van der Waals surface area contributed by atoms with Gasteiger partial charge in [0, 0.05) is 5.69 Å². The molecule has 1 saturated heterocycles. The summed E-state index contributed by atoms with van der Waals surface area (Å²) in [5.74, 6) is -0.180. The van der Waals surface area contributed by atoms with Crippen molar-refractivity contribution >= 4 is 52.2 Å². The van der Waals surface area contributed by atoms with Gasteiger partial charge >= 0.3 is 0 Å². The average Bonchev–Trinajstić information content (AvgIpc) is 3.12. The first-order valence-corrected chi connectivity index (χ1v) is 12.4. The molecule has 36 heavy (non-hydrogen) atoms. The maximum Gasteiger partial charge on any atom is 0.293 e. The molecule has 0 saturated carbocycles. The molecule has 184 valence electrons. The highest BCUT2D eigenvalue weighted by Crippen LogP contribution is 2.39. The van der Waals surface area contributed by atoms with Gasteiger partial charge in [-0.2, -0.15) is 0 Å². The number of thioether (sulfide) groups is 1. The van der Waals surface area contributed by atoms with E-state index in [0.717, 1.165) is 17.3 Å². The smallest absolute Gasteiger partial charge is 0.293 e. The molecule has 3 aromatic carbocycles. The second-order valence-electron chi connectivity index (χ2n) is 7.72. The lowest BCUT2D eigenvalue weighted by molar-refractivity contribution is -0.123. The number of amides is 3. The van der Waals surface area contributed by atoms with Crippen LogP contribution in [0.3, 0.4) is 0 Å². The Morgan fingerprint density at radius 1 is 1.03 bits per heavy atom. The van der Waals surface area contributed by atoms with E-state index >= 15 is 0 Å². The Bertz CT molecular complexity index is 1300. The molecule has 1 heterocycles. The molecule has 1 fully saturated rings. The SMILES string of the molecule is CCOc1cc(/C=C2\SC(=O)N(Cc3ccccc3)C2=O)cc(Cl)c1OCC(=O)Nc1ccccc1. The summed E-state index contributed by atoms with van der Waals surface area (Å²) in [6.07, 6.45) is 1.59. The van der Waals surface area contributed by atoms with Gasteiger partial charge in [-0.05, 0) is 60.2 Å². The molecule has 1 aliphatic rings. The molecule has 0 bridgehead atoms. The van der Waals surface area contributed by atoms with Gasteiger partial charge in [0.15, 0.2) is 18.1 Å². The number of ether oxygens (including phenoxy) is 2. The highest BCUT2D eigenvalue weighted by atomic mass is 35.5. The van der Waals surface area contributed by atoms with E-state index in [-0.39, 0.29) is 45.9 Å². The quantitative estimate of drug-likeness (QED) is 0.347. The summed E-state index contributed by atoms with van der Waals surface area (Å²) in [6.45, 7) is 2.07. The third-order valence-corrected chi connectivity index (χ3v) is 6.28. The minimum absolute atomic E-state index is 0.200. The van der Waals surface area contributed by atoms with Gasteiger partial charge in [-0.3, -0.25) is 19.3 Å². The van der Waals surface area contributed by atoms with Gasteiger partial charge in [-0.1, -0.05) is 60.1 Å². The number of halogens is 1. The first-order chi connectivity index (χ1) is 17.4. The zero-order chi connectivity index (χ0) is 25.5. The topological polar surface area (TPSA) is 84.9 Å². The Kier molecular flexibility index (Phi) is 8.30. The fraction of sp³-hybridized carbons (Fsp3) is 0.148. The maximum absolute atomic E-state index is 12.9. The predicted molar refractivity (Wildman–Crippen MR) is 141 cm³/mol. The van der Waals surface area contributed by atoms with Crippen LogP contribution in [-0.4, -0.2) is 35.2 Å². The Morgan fingerprint density at radius 3 is 2.42 bits per heavy atom. The third-order valence-electron chi connectivity index (χ3n) is 5.09. The summed E-state index contributed by atoms with van der Waals surface area (Å²) in [4.78, 5) is 39.2. The van der Waals surface area contributed by atoms with E-state index in [9.17, 15) is 14.4 Å². The van der Waals surface area contributed by atoms with Crippen molar-refractivity contribution in [2.75, 3.05) is 18.5 Å². The van der Waals surface area contributed by atoms with Crippen LogP contribution in [0.4, 0.5) is 10.5 Å². The molecule has 0 unspecified atom stereocenters. The summed E-state index contributed by atoms with van der Waals surface area (Å²) < 4.78 is 11.4. The number of carbonyl (C=O) groups is 3. The average molecular weight is 523 g/mol. The van der Waals surface area contributed by atoms with Crippen LogP contribution in [0.2, 0.25) is 5.02 Å². The van der Waals surface area contributed by atoms with E-state index in [1.165, 1.54) is 4.90 Å². The molecular formula is C27H23ClN2O5S. The van der Waals surface area contributed by atoms with E-state index in [1.54, 1.807) is 37.3 Å². The number of hydrogen-bond acceptors (Lipinski definition) is 6. The van der Waals surface area contributed by atoms with Crippen molar-refractivity contribution in [2.45, 2.75) is 13.5 Å². The molecule has 3 aromatic rings. The van der Waals surface area contributed by atoms with Gasteiger partial charge in [-0.25, -0.2) is 0 Å². The van der Waals surface area contributed by atoms with Crippen molar-refractivity contribution in [3.8, 4) is 11.5 Å². The predicted octanol–water partition coefficient (Wildman–Crippen LogP) is 5.99. The minimum atomic E-state index is -0.374. The number of imide groups is 1. The van der Waals surface area contributed by atoms with Crippen molar-refractivity contribution in [3.63, 3.8) is 0 Å². The van der Waals surface area contributed by atoms with Crippen LogP contribution >= 0.6 is 23.4 Å². The van der Waals surface area contributed by atoms with Gasteiger partial charge < -0.3 is 14.8 Å². The van der Waals surface area contributed by atoms with Crippen molar-refractivity contribution in [1.82, 2.24) is 4.90 Å². The maximum atomic E-state index is 12.9. The second-order valence-corrected chi connectivity index (χ2v) is 9.12. The van der Waals surface area contributed by atoms with Crippen molar-refractivity contribution in [1.29, 1.82) is 0 Å². The number of nitrogens with one attached hydrogen (secondary N) is 1. The lowest BCUT2D eigenvalue weighted by Crippen LogP contribution is -2.27. The van der Waals surface area contributed by atoms with Crippen molar-refractivity contribution in [3.05, 3.63) is 93.9 Å². The molecule has 0 radical (unpaired) electrons. The summed E-state index contributed by atoms with van der Waals surface area (Å²) in [7, 11) is 0. The third kappa shape index (κ3) is 6.27. The molecule has 0 aliphatic carbocycles. The van der Waals surface area contributed by atoms with Crippen LogP contribution < -0.4 is 14.8 Å². The van der Waals surface area contributed by atoms with Gasteiger partial charge in [0.2, 0.25) is 0 Å². The van der Waals surface area contributed by atoms with Gasteiger partial charge in [-0.15, -0.1) is 0 Å². The molecule has 0 atom stereocenters. The zero-order valence-electron chi connectivity index (χ0n) is 19.4. The number of para-hydroxylation sites is 1. The summed E-state index contributed by atoms with van der Waals surface area (Å²) in [6, 6.07) is 21.6. The molecule has 0 spiro atoms. The van der Waals surface area contributed by atoms with Gasteiger partial charge in [0.25, 0.3) is 17.1 Å². The summed E-state index contributed by atoms with van der Waals surface area (Å²) >= 11 is 7.34. The Hall–Kier alpha value is -3.75. The minimum Gasteiger partial charge on any atom is -0.490 e. The number of hydrogen-bond donors (Lipinski definition) is 1. The molecule has 9 heteroatoms. The van der Waals surface area contributed by atoms with E-state index in [4.69, 9.17) is 21.1 Å². The summed E-state index contributed by atoms with van der Waals surface area (Å²) in [5.41, 5.74) is 2.08. The second kappa shape index (κ2) is 11.8. The van der Waals surface area contributed by atoms with Crippen LogP contribution in [0.15, 0.2) is 77.7 Å². The van der Waals surface area contributed by atoms with Crippen LogP contribution in [0.1, 0.15) is 18.1 Å². The Balaban J connectivity index is 1.49. The van der Waals surface area contributed by atoms with Crippen LogP contribution in [-0.2, 0) is 16.1 Å². The normalized spacial score (nSPS) is 14.3. The van der Waals surface area contributed by atoms with Crippen LogP contribution in [0, 0.1) is 0 Å². The first kappa shape index (κ1) is 25.3. The van der Waals surface area contributed by atoms with Crippen molar-refractivity contribution in [2.24, 2.45) is 0 Å². The number of rotatable bonds is 9. The van der Waals surface area contributed by atoms with Gasteiger partial charge in [0.1, 0.15) is 0 Å². The van der Waals surface area contributed by atoms with Gasteiger partial charge in [0.05, 0.1) is 23.1 Å². The number of anilines is 1. The summed E-state index contributed by atoms with van der Waals surface area (Å²) in [5, 5.41) is 2.61. The lowest BCUT2D eigenvalue weighted by atomic mass is 10.1. The number of benzene rings is 3. The molecular weight excluding hydrogens is 500 g/mol. The molecule has 1 aliphatic heterocycles. The first-order valence-electron chi connectivity index (χ1n) is 11.2. The number of nitrogens with zero attached hydrogens (tertiary/aromatic N) is 1. The fourth-order valence-electron chi connectivity index (χ4n) is 3.48.